The number of carbonyl (C=O) groups excluding carboxylic acids is 1. The van der Waals surface area contributed by atoms with Gasteiger partial charge in [-0.2, -0.15) is 0 Å². The molecule has 1 aliphatic rings. The molecule has 0 aliphatic carbocycles. The van der Waals surface area contributed by atoms with Crippen LogP contribution in [0, 0.1) is 5.82 Å². The molecule has 0 saturated carbocycles. The van der Waals surface area contributed by atoms with Crippen LogP contribution in [0.2, 0.25) is 0 Å². The molecular weight excluding hydrogens is 355 g/mol. The fourth-order valence-corrected chi connectivity index (χ4v) is 3.56. The third-order valence-corrected chi connectivity index (χ3v) is 4.94. The van der Waals surface area contributed by atoms with Crippen LogP contribution < -0.4 is 10.6 Å². The van der Waals surface area contributed by atoms with Gasteiger partial charge in [0, 0.05) is 24.3 Å². The molecule has 4 aromatic rings. The number of imidazole rings is 1. The molecule has 0 atom stereocenters. The number of amides is 1. The topological polar surface area (TPSA) is 69.8 Å². The van der Waals surface area contributed by atoms with Crippen LogP contribution in [0.3, 0.4) is 0 Å². The normalized spacial score (nSPS) is 12.9. The van der Waals surface area contributed by atoms with E-state index in [0.29, 0.717) is 22.5 Å². The van der Waals surface area contributed by atoms with Crippen molar-refractivity contribution in [3.63, 3.8) is 0 Å². The van der Waals surface area contributed by atoms with Crippen LogP contribution >= 0.6 is 0 Å². The summed E-state index contributed by atoms with van der Waals surface area (Å²) in [5.41, 5.74) is 5.08. The van der Waals surface area contributed by atoms with Crippen LogP contribution in [0.25, 0.3) is 22.4 Å². The summed E-state index contributed by atoms with van der Waals surface area (Å²) in [7, 11) is 0. The number of aromatic nitrogens is 2. The van der Waals surface area contributed by atoms with Crippen molar-refractivity contribution in [1.82, 2.24) is 15.3 Å². The first-order valence-corrected chi connectivity index (χ1v) is 9.06. The highest BCUT2D eigenvalue weighted by Crippen LogP contribution is 2.26. The smallest absolute Gasteiger partial charge is 0.258 e. The standard InChI is InChI=1S/C22H17FN4O/c23-16-9-18(22(28)25-17-7-6-14-11-24-12-15(14)8-17)20-19(10-16)26-21(27-20)13-4-2-1-3-5-13/h1-10,24H,11-12H2,(H,25,28)(H,26,27). The van der Waals surface area contributed by atoms with Crippen molar-refractivity contribution in [1.29, 1.82) is 0 Å². The highest BCUT2D eigenvalue weighted by molar-refractivity contribution is 6.11. The number of anilines is 1. The number of nitrogens with one attached hydrogen (secondary N) is 3. The Balaban J connectivity index is 1.52. The van der Waals surface area contributed by atoms with Crippen molar-refractivity contribution in [3.05, 3.63) is 83.2 Å². The maximum Gasteiger partial charge on any atom is 0.258 e. The van der Waals surface area contributed by atoms with Gasteiger partial charge in [0.15, 0.2) is 0 Å². The Morgan fingerprint density at radius 2 is 1.82 bits per heavy atom. The number of halogens is 1. The number of aromatic amines is 1. The Kier molecular flexibility index (Phi) is 3.91. The molecule has 0 fully saturated rings. The highest BCUT2D eigenvalue weighted by Gasteiger charge is 2.18. The van der Waals surface area contributed by atoms with E-state index in [-0.39, 0.29) is 11.5 Å². The summed E-state index contributed by atoms with van der Waals surface area (Å²) in [6, 6.07) is 17.9. The second-order valence-corrected chi connectivity index (χ2v) is 6.84. The van der Waals surface area contributed by atoms with E-state index >= 15 is 0 Å². The van der Waals surface area contributed by atoms with Gasteiger partial charge in [0.05, 0.1) is 11.1 Å². The number of benzene rings is 3. The quantitative estimate of drug-likeness (QED) is 0.504. The molecule has 3 N–H and O–H groups in total. The zero-order valence-corrected chi connectivity index (χ0v) is 14.9. The first-order valence-electron chi connectivity index (χ1n) is 9.06. The van der Waals surface area contributed by atoms with E-state index in [4.69, 9.17) is 0 Å². The van der Waals surface area contributed by atoms with Gasteiger partial charge in [-0.05, 0) is 35.4 Å². The van der Waals surface area contributed by atoms with Gasteiger partial charge in [0.2, 0.25) is 0 Å². The Labute approximate surface area is 160 Å². The summed E-state index contributed by atoms with van der Waals surface area (Å²) in [5.74, 6) is -0.278. The predicted octanol–water partition coefficient (Wildman–Crippen LogP) is 4.22. The maximum atomic E-state index is 14.2. The summed E-state index contributed by atoms with van der Waals surface area (Å²) in [5, 5.41) is 6.14. The van der Waals surface area contributed by atoms with Crippen molar-refractivity contribution in [2.24, 2.45) is 0 Å². The number of nitrogens with zero attached hydrogens (tertiary/aromatic N) is 1. The Hall–Kier alpha value is -3.51. The molecule has 0 spiro atoms. The number of carbonyl (C=O) groups is 1. The van der Waals surface area contributed by atoms with E-state index < -0.39 is 5.82 Å². The monoisotopic (exact) mass is 372 g/mol. The van der Waals surface area contributed by atoms with Gasteiger partial charge in [-0.3, -0.25) is 4.79 Å². The van der Waals surface area contributed by atoms with E-state index in [9.17, 15) is 9.18 Å². The number of hydrogen-bond acceptors (Lipinski definition) is 3. The molecule has 1 aromatic heterocycles. The molecule has 0 unspecified atom stereocenters. The second-order valence-electron chi connectivity index (χ2n) is 6.84. The van der Waals surface area contributed by atoms with Crippen molar-refractivity contribution in [3.8, 4) is 11.4 Å². The SMILES string of the molecule is O=C(Nc1ccc2c(c1)CNC2)c1cc(F)cc2[nH]c(-c3ccccc3)nc12. The molecule has 0 radical (unpaired) electrons. The lowest BCUT2D eigenvalue weighted by molar-refractivity contribution is 0.102. The van der Waals surface area contributed by atoms with Crippen molar-refractivity contribution >= 4 is 22.6 Å². The molecule has 2 heterocycles. The molecule has 0 bridgehead atoms. The third-order valence-electron chi connectivity index (χ3n) is 4.94. The molecule has 5 rings (SSSR count). The Morgan fingerprint density at radius 1 is 1.00 bits per heavy atom. The number of rotatable bonds is 3. The van der Waals surface area contributed by atoms with Crippen LogP contribution in [-0.4, -0.2) is 15.9 Å². The average Bonchev–Trinajstić information content (AvgIpc) is 3.34. The zero-order valence-electron chi connectivity index (χ0n) is 14.9. The summed E-state index contributed by atoms with van der Waals surface area (Å²) in [6.45, 7) is 1.62. The molecule has 1 amide bonds. The van der Waals surface area contributed by atoms with Gasteiger partial charge >= 0.3 is 0 Å². The number of hydrogen-bond donors (Lipinski definition) is 3. The lowest BCUT2D eigenvalue weighted by atomic mass is 10.1. The van der Waals surface area contributed by atoms with E-state index in [2.05, 4.69) is 20.6 Å². The summed E-state index contributed by atoms with van der Waals surface area (Å²) >= 11 is 0. The zero-order chi connectivity index (χ0) is 19.1. The van der Waals surface area contributed by atoms with Gasteiger partial charge in [0.25, 0.3) is 5.91 Å². The van der Waals surface area contributed by atoms with Crippen LogP contribution in [0.5, 0.6) is 0 Å². The summed E-state index contributed by atoms with van der Waals surface area (Å²) in [4.78, 5) is 20.5. The van der Waals surface area contributed by atoms with E-state index in [1.807, 2.05) is 48.5 Å². The minimum atomic E-state index is -0.487. The second kappa shape index (κ2) is 6.58. The van der Waals surface area contributed by atoms with Gasteiger partial charge in [-0.25, -0.2) is 9.37 Å². The number of H-pyrrole nitrogens is 1. The molecule has 138 valence electrons. The average molecular weight is 372 g/mol. The van der Waals surface area contributed by atoms with Crippen LogP contribution in [-0.2, 0) is 13.1 Å². The van der Waals surface area contributed by atoms with Crippen molar-refractivity contribution in [2.45, 2.75) is 13.1 Å². The van der Waals surface area contributed by atoms with Gasteiger partial charge in [0.1, 0.15) is 17.2 Å². The van der Waals surface area contributed by atoms with Crippen LogP contribution in [0.1, 0.15) is 21.5 Å². The predicted molar refractivity (Wildman–Crippen MR) is 106 cm³/mol. The Morgan fingerprint density at radius 3 is 2.68 bits per heavy atom. The van der Waals surface area contributed by atoms with Crippen LogP contribution in [0.15, 0.2) is 60.7 Å². The van der Waals surface area contributed by atoms with E-state index in [0.717, 1.165) is 24.2 Å². The largest absolute Gasteiger partial charge is 0.338 e. The van der Waals surface area contributed by atoms with E-state index in [1.54, 1.807) is 0 Å². The van der Waals surface area contributed by atoms with Gasteiger partial charge in [-0.15, -0.1) is 0 Å². The van der Waals surface area contributed by atoms with Crippen molar-refractivity contribution < 1.29 is 9.18 Å². The number of fused-ring (bicyclic) bond motifs is 2. The molecule has 0 saturated heterocycles. The lowest BCUT2D eigenvalue weighted by Gasteiger charge is -2.08. The minimum absolute atomic E-state index is 0.201. The van der Waals surface area contributed by atoms with Crippen LogP contribution in [0.4, 0.5) is 10.1 Å². The first kappa shape index (κ1) is 16.6. The summed E-state index contributed by atoms with van der Waals surface area (Å²) < 4.78 is 14.2. The first-order chi connectivity index (χ1) is 13.7. The van der Waals surface area contributed by atoms with Gasteiger partial charge in [-0.1, -0.05) is 36.4 Å². The van der Waals surface area contributed by atoms with E-state index in [1.165, 1.54) is 17.7 Å². The molecule has 5 nitrogen and oxygen atoms in total. The molecule has 3 aromatic carbocycles. The summed E-state index contributed by atoms with van der Waals surface area (Å²) in [6.07, 6.45) is 0. The lowest BCUT2D eigenvalue weighted by Crippen LogP contribution is -2.13. The fraction of sp³-hybridized carbons (Fsp3) is 0.0909. The Bertz CT molecular complexity index is 1200. The molecule has 28 heavy (non-hydrogen) atoms. The third kappa shape index (κ3) is 2.93. The molecule has 6 heteroatoms. The molecular formula is C22H17FN4O. The minimum Gasteiger partial charge on any atom is -0.338 e. The fourth-order valence-electron chi connectivity index (χ4n) is 3.56. The molecule has 1 aliphatic heterocycles. The highest BCUT2D eigenvalue weighted by atomic mass is 19.1. The van der Waals surface area contributed by atoms with Gasteiger partial charge < -0.3 is 15.6 Å². The maximum absolute atomic E-state index is 14.2. The van der Waals surface area contributed by atoms with Crippen molar-refractivity contribution in [2.75, 3.05) is 5.32 Å².